The van der Waals surface area contributed by atoms with Gasteiger partial charge < -0.3 is 16.0 Å². The smallest absolute Gasteiger partial charge is 0.222 e. The third kappa shape index (κ3) is 5.90. The highest BCUT2D eigenvalue weighted by Crippen LogP contribution is 2.13. The Kier molecular flexibility index (Phi) is 7.59. The predicted molar refractivity (Wildman–Crippen MR) is 80.1 cm³/mol. The third-order valence-electron chi connectivity index (χ3n) is 3.81. The van der Waals surface area contributed by atoms with Crippen molar-refractivity contribution in [1.29, 1.82) is 0 Å². The second kappa shape index (κ2) is 8.95. The molecule has 20 heavy (non-hydrogen) atoms. The van der Waals surface area contributed by atoms with Crippen molar-refractivity contribution in [2.24, 2.45) is 11.7 Å². The standard InChI is InChI=1S/C15H29N3O2/c1-12(2)15(20)17-13-7-10-18(11-8-13)14(19)6-4-3-5-9-16/h12-13H,3-11,16H2,1-2H3,(H,17,20). The summed E-state index contributed by atoms with van der Waals surface area (Å²) in [5, 5.41) is 3.05. The van der Waals surface area contributed by atoms with Gasteiger partial charge in [-0.1, -0.05) is 20.3 Å². The lowest BCUT2D eigenvalue weighted by molar-refractivity contribution is -0.132. The molecule has 1 fully saturated rings. The molecule has 5 nitrogen and oxygen atoms in total. The van der Waals surface area contributed by atoms with E-state index in [9.17, 15) is 9.59 Å². The second-order valence-corrected chi connectivity index (χ2v) is 5.92. The van der Waals surface area contributed by atoms with Crippen LogP contribution < -0.4 is 11.1 Å². The lowest BCUT2D eigenvalue weighted by atomic mass is 10.0. The van der Waals surface area contributed by atoms with Crippen LogP contribution in [0.5, 0.6) is 0 Å². The molecule has 0 spiro atoms. The predicted octanol–water partition coefficient (Wildman–Crippen LogP) is 1.27. The minimum Gasteiger partial charge on any atom is -0.353 e. The summed E-state index contributed by atoms with van der Waals surface area (Å²) in [5.41, 5.74) is 5.43. The molecule has 0 unspecified atom stereocenters. The van der Waals surface area contributed by atoms with Gasteiger partial charge in [0.05, 0.1) is 0 Å². The van der Waals surface area contributed by atoms with Crippen LogP contribution in [0.25, 0.3) is 0 Å². The molecular weight excluding hydrogens is 254 g/mol. The van der Waals surface area contributed by atoms with Crippen molar-refractivity contribution in [3.8, 4) is 0 Å². The van der Waals surface area contributed by atoms with Gasteiger partial charge in [-0.3, -0.25) is 9.59 Å². The highest BCUT2D eigenvalue weighted by atomic mass is 16.2. The molecule has 0 radical (unpaired) electrons. The fourth-order valence-corrected chi connectivity index (χ4v) is 2.40. The van der Waals surface area contributed by atoms with Gasteiger partial charge >= 0.3 is 0 Å². The summed E-state index contributed by atoms with van der Waals surface area (Å²) >= 11 is 0. The zero-order chi connectivity index (χ0) is 15.0. The maximum atomic E-state index is 12.0. The first-order valence-electron chi connectivity index (χ1n) is 7.82. The second-order valence-electron chi connectivity index (χ2n) is 5.92. The van der Waals surface area contributed by atoms with Gasteiger partial charge in [0, 0.05) is 31.5 Å². The number of amides is 2. The Labute approximate surface area is 122 Å². The van der Waals surface area contributed by atoms with Gasteiger partial charge in [-0.05, 0) is 32.2 Å². The molecule has 0 aromatic heterocycles. The molecule has 0 saturated carbocycles. The minimum absolute atomic E-state index is 0.0252. The Bertz CT molecular complexity index is 310. The van der Waals surface area contributed by atoms with Gasteiger partial charge in [-0.25, -0.2) is 0 Å². The number of carbonyl (C=O) groups is 2. The van der Waals surface area contributed by atoms with Crippen molar-refractivity contribution < 1.29 is 9.59 Å². The summed E-state index contributed by atoms with van der Waals surface area (Å²) in [7, 11) is 0. The van der Waals surface area contributed by atoms with Gasteiger partial charge in [0.15, 0.2) is 0 Å². The summed E-state index contributed by atoms with van der Waals surface area (Å²) in [5.74, 6) is 0.379. The van der Waals surface area contributed by atoms with Crippen molar-refractivity contribution in [1.82, 2.24) is 10.2 Å². The molecule has 1 saturated heterocycles. The lowest BCUT2D eigenvalue weighted by Gasteiger charge is -2.32. The number of likely N-dealkylation sites (tertiary alicyclic amines) is 1. The lowest BCUT2D eigenvalue weighted by Crippen LogP contribution is -2.47. The Morgan fingerprint density at radius 3 is 2.40 bits per heavy atom. The van der Waals surface area contributed by atoms with E-state index in [1.165, 1.54) is 0 Å². The van der Waals surface area contributed by atoms with Crippen LogP contribution in [0.4, 0.5) is 0 Å². The van der Waals surface area contributed by atoms with Crippen molar-refractivity contribution in [3.63, 3.8) is 0 Å². The molecule has 0 bridgehead atoms. The Morgan fingerprint density at radius 2 is 1.85 bits per heavy atom. The van der Waals surface area contributed by atoms with Crippen molar-refractivity contribution >= 4 is 11.8 Å². The van der Waals surface area contributed by atoms with Crippen molar-refractivity contribution in [2.75, 3.05) is 19.6 Å². The van der Waals surface area contributed by atoms with E-state index in [0.717, 1.165) is 45.2 Å². The first-order valence-corrected chi connectivity index (χ1v) is 7.82. The summed E-state index contributed by atoms with van der Waals surface area (Å²) in [6.45, 7) is 6.03. The minimum atomic E-state index is 0.0252. The van der Waals surface area contributed by atoms with Crippen LogP contribution in [-0.2, 0) is 9.59 Å². The number of nitrogens with one attached hydrogen (secondary N) is 1. The van der Waals surface area contributed by atoms with Crippen molar-refractivity contribution in [3.05, 3.63) is 0 Å². The average Bonchev–Trinajstić information content (AvgIpc) is 2.44. The molecule has 0 aromatic rings. The van der Waals surface area contributed by atoms with E-state index in [1.54, 1.807) is 0 Å². The van der Waals surface area contributed by atoms with Gasteiger partial charge in [0.2, 0.25) is 11.8 Å². The van der Waals surface area contributed by atoms with Gasteiger partial charge in [-0.15, -0.1) is 0 Å². The summed E-state index contributed by atoms with van der Waals surface area (Å²) in [4.78, 5) is 25.6. The molecule has 116 valence electrons. The fraction of sp³-hybridized carbons (Fsp3) is 0.867. The van der Waals surface area contributed by atoms with Crippen LogP contribution >= 0.6 is 0 Å². The molecule has 0 aliphatic carbocycles. The van der Waals surface area contributed by atoms with Crippen LogP contribution in [0.3, 0.4) is 0 Å². The highest BCUT2D eigenvalue weighted by Gasteiger charge is 2.23. The van der Waals surface area contributed by atoms with E-state index < -0.39 is 0 Å². The van der Waals surface area contributed by atoms with Crippen LogP contribution in [0, 0.1) is 5.92 Å². The summed E-state index contributed by atoms with van der Waals surface area (Å²) < 4.78 is 0. The van der Waals surface area contributed by atoms with E-state index in [0.29, 0.717) is 13.0 Å². The number of unbranched alkanes of at least 4 members (excludes halogenated alkanes) is 2. The van der Waals surface area contributed by atoms with E-state index in [1.807, 2.05) is 18.7 Å². The SMILES string of the molecule is CC(C)C(=O)NC1CCN(C(=O)CCCCCN)CC1. The number of nitrogens with two attached hydrogens (primary N) is 1. The van der Waals surface area contributed by atoms with Crippen molar-refractivity contribution in [2.45, 2.75) is 58.4 Å². The highest BCUT2D eigenvalue weighted by molar-refractivity contribution is 5.78. The van der Waals surface area contributed by atoms with Crippen LogP contribution in [0.15, 0.2) is 0 Å². The van der Waals surface area contributed by atoms with Crippen LogP contribution in [-0.4, -0.2) is 42.4 Å². The Balaban J connectivity index is 2.21. The molecule has 1 aliphatic heterocycles. The molecule has 1 heterocycles. The summed E-state index contributed by atoms with van der Waals surface area (Å²) in [6, 6.07) is 0.228. The zero-order valence-corrected chi connectivity index (χ0v) is 12.9. The number of hydrogen-bond acceptors (Lipinski definition) is 3. The number of hydrogen-bond donors (Lipinski definition) is 2. The van der Waals surface area contributed by atoms with E-state index in [2.05, 4.69) is 5.32 Å². The Hall–Kier alpha value is -1.10. The average molecular weight is 283 g/mol. The van der Waals surface area contributed by atoms with E-state index in [-0.39, 0.29) is 23.8 Å². The third-order valence-corrected chi connectivity index (χ3v) is 3.81. The molecule has 0 atom stereocenters. The molecule has 2 amide bonds. The molecule has 3 N–H and O–H groups in total. The molecule has 0 aromatic carbocycles. The maximum Gasteiger partial charge on any atom is 0.222 e. The van der Waals surface area contributed by atoms with Crippen LogP contribution in [0.2, 0.25) is 0 Å². The van der Waals surface area contributed by atoms with Gasteiger partial charge in [0.25, 0.3) is 0 Å². The first kappa shape index (κ1) is 17.0. The zero-order valence-electron chi connectivity index (χ0n) is 12.9. The van der Waals surface area contributed by atoms with Crippen LogP contribution in [0.1, 0.15) is 52.4 Å². The largest absolute Gasteiger partial charge is 0.353 e. The summed E-state index contributed by atoms with van der Waals surface area (Å²) in [6.07, 6.45) is 5.32. The Morgan fingerprint density at radius 1 is 1.20 bits per heavy atom. The normalized spacial score (nSPS) is 16.5. The topological polar surface area (TPSA) is 75.4 Å². The number of nitrogens with zero attached hydrogens (tertiary/aromatic N) is 1. The maximum absolute atomic E-state index is 12.0. The molecule has 1 aliphatic rings. The van der Waals surface area contributed by atoms with Gasteiger partial charge in [-0.2, -0.15) is 0 Å². The fourth-order valence-electron chi connectivity index (χ4n) is 2.40. The van der Waals surface area contributed by atoms with E-state index >= 15 is 0 Å². The van der Waals surface area contributed by atoms with Gasteiger partial charge in [0.1, 0.15) is 0 Å². The molecular formula is C15H29N3O2. The molecule has 5 heteroatoms. The number of carbonyl (C=O) groups excluding carboxylic acids is 2. The quantitative estimate of drug-likeness (QED) is 0.691. The van der Waals surface area contributed by atoms with E-state index in [4.69, 9.17) is 5.73 Å². The number of piperidine rings is 1. The molecule has 1 rings (SSSR count). The first-order chi connectivity index (χ1) is 9.54. The number of rotatable bonds is 7. The monoisotopic (exact) mass is 283 g/mol.